The molecule has 0 aliphatic carbocycles. The number of nitrogens with zero attached hydrogens (tertiary/aromatic N) is 2. The molecular weight excluding hydrogens is 258 g/mol. The van der Waals surface area contributed by atoms with E-state index >= 15 is 0 Å². The Kier molecular flexibility index (Phi) is 3.29. The van der Waals surface area contributed by atoms with Gasteiger partial charge < -0.3 is 15.2 Å². The van der Waals surface area contributed by atoms with Crippen molar-refractivity contribution in [3.05, 3.63) is 30.1 Å². The van der Waals surface area contributed by atoms with E-state index in [0.717, 1.165) is 5.39 Å². The standard InChI is InChI=1S/C14H17N3O3/c1-8(17-6-11(18)12(19)7-17)13(20)10-5-16-14-9(10)3-2-4-15-14/h2-5,8,11-12,18-19H,6-7H2,1H3,(H,15,16)/t8?,11-,12+. The van der Waals surface area contributed by atoms with E-state index in [1.807, 2.05) is 6.07 Å². The summed E-state index contributed by atoms with van der Waals surface area (Å²) in [5.74, 6) is -0.0365. The number of likely N-dealkylation sites (tertiary alicyclic amines) is 1. The number of carbonyl (C=O) groups excluding carboxylic acids is 1. The Morgan fingerprint density at radius 2 is 2.15 bits per heavy atom. The molecule has 6 nitrogen and oxygen atoms in total. The summed E-state index contributed by atoms with van der Waals surface area (Å²) in [5, 5.41) is 20.0. The van der Waals surface area contributed by atoms with E-state index in [4.69, 9.17) is 0 Å². The van der Waals surface area contributed by atoms with Gasteiger partial charge in [-0.05, 0) is 19.1 Å². The third-order valence-electron chi connectivity index (χ3n) is 3.93. The van der Waals surface area contributed by atoms with E-state index in [-0.39, 0.29) is 11.8 Å². The van der Waals surface area contributed by atoms with Crippen LogP contribution in [0.5, 0.6) is 0 Å². The first-order valence-corrected chi connectivity index (χ1v) is 6.64. The van der Waals surface area contributed by atoms with Crippen LogP contribution in [-0.2, 0) is 0 Å². The van der Waals surface area contributed by atoms with Crippen LogP contribution in [0.3, 0.4) is 0 Å². The Labute approximate surface area is 116 Å². The van der Waals surface area contributed by atoms with Crippen LogP contribution in [0.25, 0.3) is 11.0 Å². The van der Waals surface area contributed by atoms with E-state index in [9.17, 15) is 15.0 Å². The van der Waals surface area contributed by atoms with E-state index in [2.05, 4.69) is 9.97 Å². The number of aromatic nitrogens is 2. The van der Waals surface area contributed by atoms with E-state index in [0.29, 0.717) is 24.3 Å². The van der Waals surface area contributed by atoms with Crippen LogP contribution in [0.4, 0.5) is 0 Å². The molecule has 1 aliphatic heterocycles. The summed E-state index contributed by atoms with van der Waals surface area (Å²) in [4.78, 5) is 21.5. The molecule has 6 heteroatoms. The number of hydrogen-bond acceptors (Lipinski definition) is 5. The number of fused-ring (bicyclic) bond motifs is 1. The second-order valence-electron chi connectivity index (χ2n) is 5.23. The molecule has 0 saturated carbocycles. The normalized spacial score (nSPS) is 25.1. The van der Waals surface area contributed by atoms with Crippen LogP contribution in [0.15, 0.2) is 24.5 Å². The summed E-state index contributed by atoms with van der Waals surface area (Å²) in [6, 6.07) is 3.26. The molecular formula is C14H17N3O3. The minimum Gasteiger partial charge on any atom is -0.389 e. The maximum atomic E-state index is 12.6. The molecule has 3 rings (SSSR count). The largest absolute Gasteiger partial charge is 0.389 e. The van der Waals surface area contributed by atoms with Crippen molar-refractivity contribution < 1.29 is 15.0 Å². The van der Waals surface area contributed by atoms with Gasteiger partial charge in [-0.1, -0.05) is 0 Å². The average Bonchev–Trinajstić information content (AvgIpc) is 3.02. The van der Waals surface area contributed by atoms with Crippen molar-refractivity contribution >= 4 is 16.8 Å². The summed E-state index contributed by atoms with van der Waals surface area (Å²) in [7, 11) is 0. The molecule has 0 spiro atoms. The van der Waals surface area contributed by atoms with Gasteiger partial charge in [0.25, 0.3) is 0 Å². The smallest absolute Gasteiger partial charge is 0.181 e. The highest BCUT2D eigenvalue weighted by Gasteiger charge is 2.35. The SMILES string of the molecule is CC(C(=O)c1c[nH]c2ncccc12)N1C[C@@H](O)[C@@H](O)C1. The van der Waals surface area contributed by atoms with Gasteiger partial charge in [0.05, 0.1) is 18.2 Å². The topological polar surface area (TPSA) is 89.5 Å². The molecule has 0 amide bonds. The zero-order valence-electron chi connectivity index (χ0n) is 11.2. The number of hydrogen-bond donors (Lipinski definition) is 3. The Morgan fingerprint density at radius 3 is 2.85 bits per heavy atom. The third-order valence-corrected chi connectivity index (χ3v) is 3.93. The molecule has 3 atom stereocenters. The van der Waals surface area contributed by atoms with Gasteiger partial charge in [-0.2, -0.15) is 0 Å². The second kappa shape index (κ2) is 4.97. The van der Waals surface area contributed by atoms with Crippen LogP contribution in [0.2, 0.25) is 0 Å². The summed E-state index contributed by atoms with van der Waals surface area (Å²) in [6.07, 6.45) is 1.77. The number of ketones is 1. The molecule has 1 unspecified atom stereocenters. The number of pyridine rings is 1. The molecule has 1 fully saturated rings. The van der Waals surface area contributed by atoms with Crippen LogP contribution in [0, 0.1) is 0 Å². The summed E-state index contributed by atoms with van der Waals surface area (Å²) in [5.41, 5.74) is 1.28. The lowest BCUT2D eigenvalue weighted by Gasteiger charge is -2.22. The van der Waals surface area contributed by atoms with E-state index in [1.54, 1.807) is 30.3 Å². The van der Waals surface area contributed by atoms with Gasteiger partial charge in [-0.3, -0.25) is 9.69 Å². The van der Waals surface area contributed by atoms with Crippen molar-refractivity contribution in [2.24, 2.45) is 0 Å². The number of H-pyrrole nitrogens is 1. The molecule has 0 radical (unpaired) electrons. The van der Waals surface area contributed by atoms with Gasteiger partial charge in [-0.25, -0.2) is 4.98 Å². The van der Waals surface area contributed by atoms with Crippen molar-refractivity contribution in [2.45, 2.75) is 25.2 Å². The predicted octanol–water partition coefficient (Wildman–Crippen LogP) is 0.172. The number of aliphatic hydroxyl groups excluding tert-OH is 2. The molecule has 3 heterocycles. The highest BCUT2D eigenvalue weighted by molar-refractivity contribution is 6.09. The van der Waals surface area contributed by atoms with Crippen molar-refractivity contribution in [1.29, 1.82) is 0 Å². The molecule has 0 bridgehead atoms. The number of nitrogens with one attached hydrogen (secondary N) is 1. The Balaban J connectivity index is 1.85. The Morgan fingerprint density at radius 1 is 1.45 bits per heavy atom. The number of rotatable bonds is 3. The molecule has 1 aliphatic rings. The zero-order valence-corrected chi connectivity index (χ0v) is 11.2. The number of β-amino-alcohol motifs (C(OH)–C–C–N with tert-alkyl or cyclic N) is 2. The fourth-order valence-electron chi connectivity index (χ4n) is 2.67. The lowest BCUT2D eigenvalue weighted by atomic mass is 10.0. The van der Waals surface area contributed by atoms with Gasteiger partial charge in [0.2, 0.25) is 0 Å². The van der Waals surface area contributed by atoms with Gasteiger partial charge in [-0.15, -0.1) is 0 Å². The summed E-state index contributed by atoms with van der Waals surface area (Å²) >= 11 is 0. The highest BCUT2D eigenvalue weighted by Crippen LogP contribution is 2.21. The van der Waals surface area contributed by atoms with Crippen LogP contribution in [-0.4, -0.2) is 62.2 Å². The van der Waals surface area contributed by atoms with Gasteiger partial charge in [0, 0.05) is 36.4 Å². The van der Waals surface area contributed by atoms with Crippen LogP contribution in [0.1, 0.15) is 17.3 Å². The van der Waals surface area contributed by atoms with Crippen molar-refractivity contribution in [2.75, 3.05) is 13.1 Å². The van der Waals surface area contributed by atoms with Crippen molar-refractivity contribution in [3.8, 4) is 0 Å². The van der Waals surface area contributed by atoms with Gasteiger partial charge in [0.1, 0.15) is 5.65 Å². The maximum absolute atomic E-state index is 12.6. The molecule has 106 valence electrons. The van der Waals surface area contributed by atoms with Crippen LogP contribution >= 0.6 is 0 Å². The molecule has 0 aromatic carbocycles. The van der Waals surface area contributed by atoms with Crippen molar-refractivity contribution in [3.63, 3.8) is 0 Å². The minimum absolute atomic E-state index is 0.0365. The Bertz CT molecular complexity index is 629. The Hall–Kier alpha value is -1.76. The minimum atomic E-state index is -0.783. The van der Waals surface area contributed by atoms with Gasteiger partial charge in [0.15, 0.2) is 5.78 Å². The quantitative estimate of drug-likeness (QED) is 0.695. The number of Topliss-reactive ketones (excluding diaryl/α,β-unsaturated/α-hetero) is 1. The maximum Gasteiger partial charge on any atom is 0.181 e. The average molecular weight is 275 g/mol. The number of carbonyl (C=O) groups is 1. The molecule has 2 aromatic rings. The monoisotopic (exact) mass is 275 g/mol. The summed E-state index contributed by atoms with van der Waals surface area (Å²) in [6.45, 7) is 2.42. The molecule has 3 N–H and O–H groups in total. The first-order valence-electron chi connectivity index (χ1n) is 6.64. The second-order valence-corrected chi connectivity index (χ2v) is 5.23. The van der Waals surface area contributed by atoms with Gasteiger partial charge >= 0.3 is 0 Å². The fraction of sp³-hybridized carbons (Fsp3) is 0.429. The van der Waals surface area contributed by atoms with E-state index in [1.165, 1.54) is 0 Å². The summed E-state index contributed by atoms with van der Waals surface area (Å²) < 4.78 is 0. The third kappa shape index (κ3) is 2.11. The lowest BCUT2D eigenvalue weighted by Crippen LogP contribution is -2.38. The first kappa shape index (κ1) is 13.2. The lowest BCUT2D eigenvalue weighted by molar-refractivity contribution is 0.0572. The number of aromatic amines is 1. The number of aliphatic hydroxyl groups is 2. The van der Waals surface area contributed by atoms with Crippen molar-refractivity contribution in [1.82, 2.24) is 14.9 Å². The fourth-order valence-corrected chi connectivity index (χ4v) is 2.67. The van der Waals surface area contributed by atoms with Crippen LogP contribution < -0.4 is 0 Å². The zero-order chi connectivity index (χ0) is 14.3. The molecule has 2 aromatic heterocycles. The molecule has 1 saturated heterocycles. The highest BCUT2D eigenvalue weighted by atomic mass is 16.3. The van der Waals surface area contributed by atoms with E-state index < -0.39 is 12.2 Å². The first-order chi connectivity index (χ1) is 9.58. The molecule has 20 heavy (non-hydrogen) atoms. The predicted molar refractivity (Wildman–Crippen MR) is 73.5 cm³/mol.